The second-order valence-electron chi connectivity index (χ2n) is 24.2. The summed E-state index contributed by atoms with van der Waals surface area (Å²) in [4.78, 5) is 72.1. The molecule has 0 aromatic heterocycles. The number of rotatable bonds is 60. The van der Waals surface area contributed by atoms with Gasteiger partial charge in [-0.2, -0.15) is 0 Å². The Kier molecular flexibility index (Phi) is 52.0. The molecule has 19 heteroatoms. The van der Waals surface area contributed by atoms with Gasteiger partial charge in [-0.05, 0) is 49.4 Å². The van der Waals surface area contributed by atoms with E-state index in [0.717, 1.165) is 120 Å². The first-order valence-electron chi connectivity index (χ1n) is 32.8. The van der Waals surface area contributed by atoms with E-state index in [4.69, 9.17) is 37.0 Å². The van der Waals surface area contributed by atoms with Gasteiger partial charge in [0.1, 0.15) is 19.3 Å². The van der Waals surface area contributed by atoms with Crippen molar-refractivity contribution in [1.82, 2.24) is 0 Å². The summed E-state index contributed by atoms with van der Waals surface area (Å²) >= 11 is 0. The smallest absolute Gasteiger partial charge is 0.462 e. The summed E-state index contributed by atoms with van der Waals surface area (Å²) in [6.07, 6.45) is 32.2. The first-order chi connectivity index (χ1) is 39.2. The molecule has 0 radical (unpaired) electrons. The fourth-order valence-corrected chi connectivity index (χ4v) is 10.8. The maximum atomic E-state index is 13.0. The average Bonchev–Trinajstić information content (AvgIpc) is 3.44. The second-order valence-corrected chi connectivity index (χ2v) is 27.1. The first kappa shape index (κ1) is 80.1. The molecule has 0 heterocycles. The van der Waals surface area contributed by atoms with Crippen molar-refractivity contribution in [2.24, 2.45) is 23.7 Å². The monoisotopic (exact) mass is 1210 g/mol. The Hall–Kier alpha value is -1.94. The molecule has 0 saturated heterocycles. The zero-order chi connectivity index (χ0) is 61.1. The summed E-state index contributed by atoms with van der Waals surface area (Å²) in [5.74, 6) is 0.751. The van der Waals surface area contributed by atoms with E-state index < -0.39 is 97.5 Å². The maximum Gasteiger partial charge on any atom is 0.472 e. The molecule has 5 unspecified atom stereocenters. The van der Waals surface area contributed by atoms with Crippen molar-refractivity contribution in [3.63, 3.8) is 0 Å². The third-order valence-electron chi connectivity index (χ3n) is 15.0. The predicted octanol–water partition coefficient (Wildman–Crippen LogP) is 17.0. The molecule has 0 saturated carbocycles. The van der Waals surface area contributed by atoms with E-state index in [-0.39, 0.29) is 25.7 Å². The number of aliphatic hydroxyl groups is 1. The van der Waals surface area contributed by atoms with Crippen molar-refractivity contribution in [1.29, 1.82) is 0 Å². The Labute approximate surface area is 498 Å². The number of hydrogen-bond donors (Lipinski definition) is 3. The van der Waals surface area contributed by atoms with Crippen LogP contribution in [0.15, 0.2) is 0 Å². The van der Waals surface area contributed by atoms with E-state index in [9.17, 15) is 43.2 Å². The largest absolute Gasteiger partial charge is 0.472 e. The predicted molar refractivity (Wildman–Crippen MR) is 326 cm³/mol. The van der Waals surface area contributed by atoms with Crippen LogP contribution in [0.5, 0.6) is 0 Å². The minimum absolute atomic E-state index is 0.102. The molecule has 7 atom stereocenters. The minimum Gasteiger partial charge on any atom is -0.462 e. The van der Waals surface area contributed by atoms with Gasteiger partial charge < -0.3 is 33.8 Å². The van der Waals surface area contributed by atoms with Crippen molar-refractivity contribution >= 4 is 39.5 Å². The van der Waals surface area contributed by atoms with Gasteiger partial charge >= 0.3 is 39.5 Å². The molecule has 0 fully saturated rings. The molecule has 82 heavy (non-hydrogen) atoms. The first-order valence-corrected chi connectivity index (χ1v) is 35.8. The molecule has 0 amide bonds. The van der Waals surface area contributed by atoms with Crippen molar-refractivity contribution in [3.05, 3.63) is 0 Å². The van der Waals surface area contributed by atoms with E-state index >= 15 is 0 Å². The molecule has 486 valence electrons. The van der Waals surface area contributed by atoms with Crippen LogP contribution < -0.4 is 0 Å². The lowest BCUT2D eigenvalue weighted by molar-refractivity contribution is -0.161. The lowest BCUT2D eigenvalue weighted by Crippen LogP contribution is -2.30. The number of carbonyl (C=O) groups excluding carboxylic acids is 4. The highest BCUT2D eigenvalue weighted by Gasteiger charge is 2.30. The SMILES string of the molecule is CCC(C)CCCCCCCCC(=O)OC[C@H](COP(=O)(O)OCC(O)COP(=O)(O)OC[C@@H](COC(=O)CCCCCCCCCCC(C)C)OC(=O)CCCCCCCCC(C)CC)OC(=O)CCCCCCCCCCC(C)C. The van der Waals surface area contributed by atoms with Crippen LogP contribution in [0.4, 0.5) is 0 Å². The summed E-state index contributed by atoms with van der Waals surface area (Å²) in [5.41, 5.74) is 0. The summed E-state index contributed by atoms with van der Waals surface area (Å²) in [6.45, 7) is 13.9. The van der Waals surface area contributed by atoms with E-state index in [1.54, 1.807) is 0 Å². The van der Waals surface area contributed by atoms with E-state index in [1.807, 2.05) is 0 Å². The molecule has 0 aliphatic rings. The number of aliphatic hydroxyl groups excluding tert-OH is 1. The Balaban J connectivity index is 5.26. The van der Waals surface area contributed by atoms with Gasteiger partial charge in [-0.25, -0.2) is 9.13 Å². The molecule has 3 N–H and O–H groups in total. The van der Waals surface area contributed by atoms with Gasteiger partial charge in [-0.15, -0.1) is 0 Å². The number of esters is 4. The van der Waals surface area contributed by atoms with E-state index in [1.165, 1.54) is 96.3 Å². The van der Waals surface area contributed by atoms with Crippen LogP contribution in [-0.4, -0.2) is 96.7 Å². The molecule has 0 aliphatic carbocycles. The Morgan fingerprint density at radius 3 is 0.866 bits per heavy atom. The molecule has 0 bridgehead atoms. The quantitative estimate of drug-likeness (QED) is 0.0222. The highest BCUT2D eigenvalue weighted by Crippen LogP contribution is 2.45. The molecule has 0 spiro atoms. The van der Waals surface area contributed by atoms with E-state index in [2.05, 4.69) is 55.4 Å². The Bertz CT molecular complexity index is 1650. The normalized spacial score (nSPS) is 15.1. The number of phosphoric acid groups is 2. The number of unbranched alkanes of at least 4 members (excludes halogenated alkanes) is 24. The number of hydrogen-bond acceptors (Lipinski definition) is 15. The van der Waals surface area contributed by atoms with Crippen LogP contribution >= 0.6 is 15.6 Å². The van der Waals surface area contributed by atoms with E-state index in [0.29, 0.717) is 25.7 Å². The van der Waals surface area contributed by atoms with Gasteiger partial charge in [-0.3, -0.25) is 37.3 Å². The molecule has 17 nitrogen and oxygen atoms in total. The van der Waals surface area contributed by atoms with Crippen LogP contribution in [0.1, 0.15) is 299 Å². The molecular formula is C63H122O17P2. The van der Waals surface area contributed by atoms with Gasteiger partial charge in [0.25, 0.3) is 0 Å². The van der Waals surface area contributed by atoms with Crippen LogP contribution in [0.3, 0.4) is 0 Å². The lowest BCUT2D eigenvalue weighted by Gasteiger charge is -2.21. The molecule has 0 rings (SSSR count). The van der Waals surface area contributed by atoms with Crippen molar-refractivity contribution in [2.75, 3.05) is 39.6 Å². The molecule has 0 aromatic carbocycles. The van der Waals surface area contributed by atoms with Crippen molar-refractivity contribution in [3.8, 4) is 0 Å². The van der Waals surface area contributed by atoms with Gasteiger partial charge in [0.05, 0.1) is 26.4 Å². The van der Waals surface area contributed by atoms with Gasteiger partial charge in [0, 0.05) is 25.7 Å². The van der Waals surface area contributed by atoms with Crippen molar-refractivity contribution in [2.45, 2.75) is 318 Å². The zero-order valence-corrected chi connectivity index (χ0v) is 54.9. The fourth-order valence-electron chi connectivity index (χ4n) is 9.19. The Morgan fingerprint density at radius 1 is 0.341 bits per heavy atom. The average molecular weight is 1210 g/mol. The van der Waals surface area contributed by atoms with Crippen LogP contribution in [0.2, 0.25) is 0 Å². The summed E-state index contributed by atoms with van der Waals surface area (Å²) < 4.78 is 67.9. The van der Waals surface area contributed by atoms with Crippen LogP contribution in [-0.2, 0) is 65.4 Å². The third kappa shape index (κ3) is 54.7. The second kappa shape index (κ2) is 53.3. The highest BCUT2D eigenvalue weighted by molar-refractivity contribution is 7.47. The fraction of sp³-hybridized carbons (Fsp3) is 0.937. The maximum absolute atomic E-state index is 13.0. The minimum atomic E-state index is -4.94. The topological polar surface area (TPSA) is 237 Å². The molecular weight excluding hydrogens is 1090 g/mol. The third-order valence-corrected chi connectivity index (χ3v) is 16.9. The molecule has 0 aliphatic heterocycles. The molecule has 0 aromatic rings. The standard InChI is InChI=1S/C63H122O17P2/c1-9-55(7)41-33-25-19-21-28-36-44-61(66)74-50-58(79-62(67)45-37-29-18-14-12-16-24-32-40-54(5)6)51-77-81(69,70)75-47-57(64)48-76-82(71,72)78-52-59(80-63(68)46-38-30-22-20-26-34-42-56(8)10-2)49-73-60(65)43-35-27-17-13-11-15-23-31-39-53(3)4/h53-59,64H,9-52H2,1-8H3,(H,69,70)(H,71,72)/t55?,56?,57?,58-,59-/m1/s1. The zero-order valence-electron chi connectivity index (χ0n) is 53.1. The summed E-state index contributed by atoms with van der Waals surface area (Å²) in [7, 11) is -9.89. The summed E-state index contributed by atoms with van der Waals surface area (Å²) in [5, 5.41) is 10.5. The Morgan fingerprint density at radius 2 is 0.585 bits per heavy atom. The summed E-state index contributed by atoms with van der Waals surface area (Å²) in [6, 6.07) is 0. The number of carbonyl (C=O) groups is 4. The number of ether oxygens (including phenoxy) is 4. The van der Waals surface area contributed by atoms with Crippen molar-refractivity contribution < 1.29 is 80.2 Å². The van der Waals surface area contributed by atoms with Gasteiger partial charge in [0.15, 0.2) is 12.2 Å². The van der Waals surface area contributed by atoms with Gasteiger partial charge in [-0.1, -0.05) is 248 Å². The highest BCUT2D eigenvalue weighted by atomic mass is 31.2. The lowest BCUT2D eigenvalue weighted by atomic mass is 10.00. The van der Waals surface area contributed by atoms with Crippen LogP contribution in [0.25, 0.3) is 0 Å². The number of phosphoric ester groups is 2. The van der Waals surface area contributed by atoms with Gasteiger partial charge in [0.2, 0.25) is 0 Å². The van der Waals surface area contributed by atoms with Crippen LogP contribution in [0, 0.1) is 23.7 Å².